The lowest BCUT2D eigenvalue weighted by Gasteiger charge is -2.09. The van der Waals surface area contributed by atoms with Gasteiger partial charge in [0.2, 0.25) is 0 Å². The molecule has 2 rings (SSSR count). The van der Waals surface area contributed by atoms with Crippen LogP contribution in [0, 0.1) is 5.92 Å². The molecular weight excluding hydrogens is 250 g/mol. The van der Waals surface area contributed by atoms with Crippen molar-refractivity contribution in [3.63, 3.8) is 0 Å². The molecule has 0 unspecified atom stereocenters. The van der Waals surface area contributed by atoms with E-state index < -0.39 is 0 Å². The van der Waals surface area contributed by atoms with Crippen molar-refractivity contribution >= 4 is 0 Å². The lowest BCUT2D eigenvalue weighted by atomic mass is 10.2. The summed E-state index contributed by atoms with van der Waals surface area (Å²) in [5, 5.41) is 3.39. The predicted octanol–water partition coefficient (Wildman–Crippen LogP) is 2.36. The van der Waals surface area contributed by atoms with Crippen molar-refractivity contribution in [2.45, 2.75) is 40.2 Å². The molecule has 2 aromatic rings. The fraction of sp³-hybridized carbons (Fsp3) is 0.533. The summed E-state index contributed by atoms with van der Waals surface area (Å²) in [6.45, 7) is 8.26. The number of nitrogens with one attached hydrogen (secondary N) is 1. The Morgan fingerprint density at radius 3 is 2.90 bits per heavy atom. The fourth-order valence-electron chi connectivity index (χ4n) is 2.04. The number of aromatic nitrogens is 4. The second-order valence-electron chi connectivity index (χ2n) is 5.36. The van der Waals surface area contributed by atoms with E-state index in [2.05, 4.69) is 41.0 Å². The van der Waals surface area contributed by atoms with Gasteiger partial charge in [-0.3, -0.25) is 9.55 Å². The molecule has 2 heterocycles. The summed E-state index contributed by atoms with van der Waals surface area (Å²) in [7, 11) is 0. The Hall–Kier alpha value is -1.75. The number of hydrogen-bond acceptors (Lipinski definition) is 4. The van der Waals surface area contributed by atoms with Gasteiger partial charge in [0, 0.05) is 31.6 Å². The largest absolute Gasteiger partial charge is 0.311 e. The second kappa shape index (κ2) is 7.14. The highest BCUT2D eigenvalue weighted by molar-refractivity contribution is 5.22. The SMILES string of the molecule is CCCc1nccn1-c1cncc(CNCC(C)C)n1. The fourth-order valence-corrected chi connectivity index (χ4v) is 2.04. The van der Waals surface area contributed by atoms with E-state index in [1.165, 1.54) is 0 Å². The molecule has 0 aliphatic carbocycles. The normalized spacial score (nSPS) is 11.2. The average Bonchev–Trinajstić information content (AvgIpc) is 2.87. The van der Waals surface area contributed by atoms with Crippen molar-refractivity contribution in [3.8, 4) is 5.82 Å². The monoisotopic (exact) mass is 273 g/mol. The molecule has 0 aliphatic heterocycles. The smallest absolute Gasteiger partial charge is 0.156 e. The van der Waals surface area contributed by atoms with Crippen LogP contribution in [0.25, 0.3) is 5.82 Å². The van der Waals surface area contributed by atoms with E-state index in [0.717, 1.165) is 43.3 Å². The van der Waals surface area contributed by atoms with Crippen molar-refractivity contribution in [1.29, 1.82) is 0 Å². The molecule has 108 valence electrons. The van der Waals surface area contributed by atoms with Crippen LogP contribution in [-0.4, -0.2) is 26.1 Å². The van der Waals surface area contributed by atoms with Gasteiger partial charge in [0.15, 0.2) is 5.82 Å². The Morgan fingerprint density at radius 1 is 1.30 bits per heavy atom. The number of nitrogens with zero attached hydrogens (tertiary/aromatic N) is 4. The maximum atomic E-state index is 4.65. The topological polar surface area (TPSA) is 55.6 Å². The average molecular weight is 273 g/mol. The molecule has 0 saturated carbocycles. The molecule has 0 radical (unpaired) electrons. The van der Waals surface area contributed by atoms with Crippen molar-refractivity contribution in [2.24, 2.45) is 5.92 Å². The first kappa shape index (κ1) is 14.7. The predicted molar refractivity (Wildman–Crippen MR) is 79.7 cm³/mol. The van der Waals surface area contributed by atoms with Crippen LogP contribution in [-0.2, 0) is 13.0 Å². The molecule has 0 aliphatic rings. The van der Waals surface area contributed by atoms with Gasteiger partial charge in [0.05, 0.1) is 11.9 Å². The van der Waals surface area contributed by atoms with Crippen LogP contribution in [0.4, 0.5) is 0 Å². The van der Waals surface area contributed by atoms with E-state index in [0.29, 0.717) is 5.92 Å². The van der Waals surface area contributed by atoms with Crippen LogP contribution >= 0.6 is 0 Å². The summed E-state index contributed by atoms with van der Waals surface area (Å²) < 4.78 is 2.02. The van der Waals surface area contributed by atoms with E-state index in [1.54, 1.807) is 6.20 Å². The van der Waals surface area contributed by atoms with Gasteiger partial charge >= 0.3 is 0 Å². The molecule has 0 amide bonds. The standard InChI is InChI=1S/C15H23N5/c1-4-5-14-18-6-7-20(14)15-11-17-10-13(19-15)9-16-8-12(2)3/h6-7,10-12,16H,4-5,8-9H2,1-3H3. The molecule has 5 nitrogen and oxygen atoms in total. The molecule has 0 atom stereocenters. The summed E-state index contributed by atoms with van der Waals surface area (Å²) in [6.07, 6.45) is 9.38. The van der Waals surface area contributed by atoms with Gasteiger partial charge in [-0.15, -0.1) is 0 Å². The van der Waals surface area contributed by atoms with Crippen LogP contribution in [0.15, 0.2) is 24.8 Å². The van der Waals surface area contributed by atoms with E-state index in [1.807, 2.05) is 23.2 Å². The van der Waals surface area contributed by atoms with E-state index >= 15 is 0 Å². The Morgan fingerprint density at radius 2 is 2.15 bits per heavy atom. The van der Waals surface area contributed by atoms with Gasteiger partial charge in [-0.1, -0.05) is 20.8 Å². The van der Waals surface area contributed by atoms with Crippen molar-refractivity contribution in [3.05, 3.63) is 36.3 Å². The molecule has 20 heavy (non-hydrogen) atoms. The minimum absolute atomic E-state index is 0.635. The zero-order valence-corrected chi connectivity index (χ0v) is 12.5. The molecular formula is C15H23N5. The van der Waals surface area contributed by atoms with E-state index in [4.69, 9.17) is 0 Å². The summed E-state index contributed by atoms with van der Waals surface area (Å²) in [4.78, 5) is 13.3. The lowest BCUT2D eigenvalue weighted by molar-refractivity contribution is 0.547. The van der Waals surface area contributed by atoms with Gasteiger partial charge in [0.25, 0.3) is 0 Å². The van der Waals surface area contributed by atoms with Crippen molar-refractivity contribution < 1.29 is 0 Å². The van der Waals surface area contributed by atoms with Crippen LogP contribution in [0.3, 0.4) is 0 Å². The maximum absolute atomic E-state index is 4.65. The van der Waals surface area contributed by atoms with Crippen LogP contribution in [0.5, 0.6) is 0 Å². The molecule has 0 fully saturated rings. The first-order chi connectivity index (χ1) is 9.70. The third kappa shape index (κ3) is 3.87. The Kier molecular flexibility index (Phi) is 5.24. The highest BCUT2D eigenvalue weighted by Crippen LogP contribution is 2.09. The molecule has 2 aromatic heterocycles. The Labute approximate surface area is 120 Å². The highest BCUT2D eigenvalue weighted by Gasteiger charge is 2.06. The van der Waals surface area contributed by atoms with Crippen LogP contribution < -0.4 is 5.32 Å². The van der Waals surface area contributed by atoms with Crippen molar-refractivity contribution in [2.75, 3.05) is 6.54 Å². The number of imidazole rings is 1. The first-order valence-corrected chi connectivity index (χ1v) is 7.25. The third-order valence-corrected chi connectivity index (χ3v) is 2.97. The number of hydrogen-bond donors (Lipinski definition) is 1. The molecule has 1 N–H and O–H groups in total. The molecule has 5 heteroatoms. The number of rotatable bonds is 7. The van der Waals surface area contributed by atoms with E-state index in [-0.39, 0.29) is 0 Å². The Bertz CT molecular complexity index is 533. The second-order valence-corrected chi connectivity index (χ2v) is 5.36. The third-order valence-electron chi connectivity index (χ3n) is 2.97. The van der Waals surface area contributed by atoms with Crippen LogP contribution in [0.1, 0.15) is 38.7 Å². The molecule has 0 saturated heterocycles. The summed E-state index contributed by atoms with van der Waals surface area (Å²) >= 11 is 0. The highest BCUT2D eigenvalue weighted by atomic mass is 15.1. The van der Waals surface area contributed by atoms with Gasteiger partial charge in [-0.05, 0) is 18.9 Å². The van der Waals surface area contributed by atoms with Gasteiger partial charge in [-0.2, -0.15) is 0 Å². The first-order valence-electron chi connectivity index (χ1n) is 7.25. The lowest BCUT2D eigenvalue weighted by Crippen LogP contribution is -2.20. The Balaban J connectivity index is 2.10. The maximum Gasteiger partial charge on any atom is 0.156 e. The van der Waals surface area contributed by atoms with Gasteiger partial charge in [0.1, 0.15) is 5.82 Å². The molecule has 0 aromatic carbocycles. The zero-order valence-electron chi connectivity index (χ0n) is 12.5. The van der Waals surface area contributed by atoms with E-state index in [9.17, 15) is 0 Å². The van der Waals surface area contributed by atoms with Crippen LogP contribution in [0.2, 0.25) is 0 Å². The van der Waals surface area contributed by atoms with Gasteiger partial charge in [-0.25, -0.2) is 9.97 Å². The minimum atomic E-state index is 0.635. The number of aryl methyl sites for hydroxylation is 1. The summed E-state index contributed by atoms with van der Waals surface area (Å²) in [5.41, 5.74) is 0.958. The van der Waals surface area contributed by atoms with Gasteiger partial charge < -0.3 is 5.32 Å². The summed E-state index contributed by atoms with van der Waals surface area (Å²) in [5.74, 6) is 2.51. The molecule has 0 spiro atoms. The minimum Gasteiger partial charge on any atom is -0.311 e. The molecule has 0 bridgehead atoms. The quantitative estimate of drug-likeness (QED) is 0.841. The zero-order chi connectivity index (χ0) is 14.4. The van der Waals surface area contributed by atoms with Crippen molar-refractivity contribution in [1.82, 2.24) is 24.8 Å². The summed E-state index contributed by atoms with van der Waals surface area (Å²) in [6, 6.07) is 0.